The highest BCUT2D eigenvalue weighted by molar-refractivity contribution is 5.94. The second-order valence-corrected chi connectivity index (χ2v) is 5.51. The summed E-state index contributed by atoms with van der Waals surface area (Å²) in [6, 6.07) is 2.79. The topological polar surface area (TPSA) is 145 Å². The Balaban J connectivity index is 1.98. The fourth-order valence-electron chi connectivity index (χ4n) is 2.59. The average Bonchev–Trinajstić information content (AvgIpc) is 2.79. The highest BCUT2D eigenvalue weighted by Crippen LogP contribution is 2.19. The van der Waals surface area contributed by atoms with Crippen molar-refractivity contribution in [1.29, 1.82) is 0 Å². The van der Waals surface area contributed by atoms with Crippen molar-refractivity contribution in [3.63, 3.8) is 0 Å². The molecule has 1 amide bonds. The molecule has 1 aliphatic rings. The molecule has 0 aromatic heterocycles. The number of hydrogen-bond donors (Lipinski definition) is 5. The maximum atomic E-state index is 12.1. The molecular weight excluding hydrogens is 306 g/mol. The predicted octanol–water partition coefficient (Wildman–Crippen LogP) is -1.31. The van der Waals surface area contributed by atoms with Gasteiger partial charge in [0, 0.05) is 23.7 Å². The molecule has 0 spiro atoms. The number of nitrogens with zero attached hydrogens (tertiary/aromatic N) is 1. The Bertz CT molecular complexity index is 608. The Morgan fingerprint density at radius 3 is 2.52 bits per heavy atom. The van der Waals surface area contributed by atoms with Gasteiger partial charge in [-0.3, -0.25) is 14.9 Å². The van der Waals surface area contributed by atoms with Crippen molar-refractivity contribution in [2.75, 3.05) is 13.2 Å². The summed E-state index contributed by atoms with van der Waals surface area (Å²) in [6.07, 6.45) is -2.21. The van der Waals surface area contributed by atoms with Gasteiger partial charge < -0.3 is 26.0 Å². The number of nitrogens with one attached hydrogen (secondary N) is 2. The lowest BCUT2D eigenvalue weighted by Gasteiger charge is -2.16. The Labute approximate surface area is 132 Å². The number of benzene rings is 1. The zero-order chi connectivity index (χ0) is 17.1. The number of amides is 1. The summed E-state index contributed by atoms with van der Waals surface area (Å²) in [5, 5.41) is 44.7. The Morgan fingerprint density at radius 1 is 1.35 bits per heavy atom. The lowest BCUT2D eigenvalue weighted by Crippen LogP contribution is -2.44. The lowest BCUT2D eigenvalue weighted by molar-refractivity contribution is -0.385. The standard InChI is InChI=1S/C14H19N3O6/c1-7-4-8(2-3-11(7)17(22)23)14(21)15-5-9-12(19)13(20)10(6-18)16-9/h2-4,9-10,12-13,16,18-20H,5-6H2,1H3,(H,15,21)/t9-,10+,12+,13-/m0/s1. The summed E-state index contributed by atoms with van der Waals surface area (Å²) >= 11 is 0. The van der Waals surface area contributed by atoms with Crippen molar-refractivity contribution in [2.45, 2.75) is 31.2 Å². The quantitative estimate of drug-likeness (QED) is 0.334. The fourth-order valence-corrected chi connectivity index (χ4v) is 2.59. The molecule has 0 saturated carbocycles. The van der Waals surface area contributed by atoms with E-state index in [9.17, 15) is 25.1 Å². The van der Waals surface area contributed by atoms with E-state index >= 15 is 0 Å². The van der Waals surface area contributed by atoms with Crippen LogP contribution < -0.4 is 10.6 Å². The molecule has 4 atom stereocenters. The van der Waals surface area contributed by atoms with Crippen molar-refractivity contribution in [2.24, 2.45) is 0 Å². The number of carbonyl (C=O) groups excluding carboxylic acids is 1. The first-order chi connectivity index (χ1) is 10.8. The van der Waals surface area contributed by atoms with Gasteiger partial charge in [0.25, 0.3) is 11.6 Å². The Hall–Kier alpha value is -2.07. The Kier molecular flexibility index (Phi) is 5.26. The van der Waals surface area contributed by atoms with E-state index in [1.165, 1.54) is 18.2 Å². The number of rotatable bonds is 5. The molecule has 1 aliphatic heterocycles. The van der Waals surface area contributed by atoms with E-state index < -0.39 is 35.1 Å². The second kappa shape index (κ2) is 7.01. The van der Waals surface area contributed by atoms with E-state index in [-0.39, 0.29) is 24.4 Å². The summed E-state index contributed by atoms with van der Waals surface area (Å²) in [5.74, 6) is -0.445. The van der Waals surface area contributed by atoms with Crippen molar-refractivity contribution in [3.8, 4) is 0 Å². The minimum Gasteiger partial charge on any atom is -0.395 e. The van der Waals surface area contributed by atoms with Crippen molar-refractivity contribution in [3.05, 3.63) is 39.4 Å². The first-order valence-electron chi connectivity index (χ1n) is 7.11. The van der Waals surface area contributed by atoms with Gasteiger partial charge in [0.15, 0.2) is 0 Å². The van der Waals surface area contributed by atoms with E-state index in [1.54, 1.807) is 6.92 Å². The molecule has 1 aromatic carbocycles. The van der Waals surface area contributed by atoms with Crippen LogP contribution in [0.4, 0.5) is 5.69 Å². The summed E-state index contributed by atoms with van der Waals surface area (Å²) < 4.78 is 0. The molecule has 0 bridgehead atoms. The van der Waals surface area contributed by atoms with Crippen LogP contribution in [0.3, 0.4) is 0 Å². The van der Waals surface area contributed by atoms with Crippen LogP contribution in [-0.4, -0.2) is 63.6 Å². The van der Waals surface area contributed by atoms with Gasteiger partial charge >= 0.3 is 0 Å². The van der Waals surface area contributed by atoms with Gasteiger partial charge in [-0.25, -0.2) is 0 Å². The fraction of sp³-hybridized carbons (Fsp3) is 0.500. The number of nitro groups is 1. The van der Waals surface area contributed by atoms with E-state index in [2.05, 4.69) is 10.6 Å². The maximum absolute atomic E-state index is 12.1. The molecule has 1 fully saturated rings. The molecule has 0 aliphatic carbocycles. The van der Waals surface area contributed by atoms with Crippen LogP contribution in [0.2, 0.25) is 0 Å². The predicted molar refractivity (Wildman–Crippen MR) is 80.0 cm³/mol. The summed E-state index contributed by atoms with van der Waals surface area (Å²) in [4.78, 5) is 22.3. The molecular formula is C14H19N3O6. The molecule has 1 saturated heterocycles. The highest BCUT2D eigenvalue weighted by Gasteiger charge is 2.40. The number of carbonyl (C=O) groups is 1. The van der Waals surface area contributed by atoms with E-state index in [0.29, 0.717) is 5.56 Å². The minimum atomic E-state index is -1.11. The molecule has 0 unspecified atom stereocenters. The van der Waals surface area contributed by atoms with E-state index in [4.69, 9.17) is 5.11 Å². The normalized spacial score (nSPS) is 27.0. The average molecular weight is 325 g/mol. The third-order valence-electron chi connectivity index (χ3n) is 3.94. The highest BCUT2D eigenvalue weighted by atomic mass is 16.6. The van der Waals surface area contributed by atoms with Crippen molar-refractivity contribution < 1.29 is 25.0 Å². The summed E-state index contributed by atoms with van der Waals surface area (Å²) in [6.45, 7) is 1.26. The molecule has 2 rings (SSSR count). The largest absolute Gasteiger partial charge is 0.395 e. The van der Waals surface area contributed by atoms with Gasteiger partial charge in [-0.05, 0) is 19.1 Å². The summed E-state index contributed by atoms with van der Waals surface area (Å²) in [7, 11) is 0. The van der Waals surface area contributed by atoms with E-state index in [1.807, 2.05) is 0 Å². The number of nitro benzene ring substituents is 1. The number of aryl methyl sites for hydroxylation is 1. The molecule has 1 aromatic rings. The lowest BCUT2D eigenvalue weighted by atomic mass is 10.1. The molecule has 1 heterocycles. The van der Waals surface area contributed by atoms with Crippen LogP contribution in [0.15, 0.2) is 18.2 Å². The molecule has 23 heavy (non-hydrogen) atoms. The van der Waals surface area contributed by atoms with Crippen molar-refractivity contribution >= 4 is 11.6 Å². The SMILES string of the molecule is Cc1cc(C(=O)NC[C@@H]2N[C@H](CO)[C@H](O)[C@@H]2O)ccc1[N+](=O)[O-]. The van der Waals surface area contributed by atoms with Gasteiger partial charge in [-0.15, -0.1) is 0 Å². The summed E-state index contributed by atoms with van der Waals surface area (Å²) in [5.41, 5.74) is 0.570. The second-order valence-electron chi connectivity index (χ2n) is 5.51. The Morgan fingerprint density at radius 2 is 2.00 bits per heavy atom. The monoisotopic (exact) mass is 325 g/mol. The molecule has 5 N–H and O–H groups in total. The molecule has 9 heteroatoms. The van der Waals surface area contributed by atoms with Crippen LogP contribution in [-0.2, 0) is 0 Å². The third-order valence-corrected chi connectivity index (χ3v) is 3.94. The first kappa shape index (κ1) is 17.3. The van der Waals surface area contributed by atoms with E-state index in [0.717, 1.165) is 0 Å². The zero-order valence-corrected chi connectivity index (χ0v) is 12.5. The molecule has 9 nitrogen and oxygen atoms in total. The van der Waals surface area contributed by atoms with Crippen LogP contribution in [0.1, 0.15) is 15.9 Å². The van der Waals surface area contributed by atoms with Crippen LogP contribution in [0.25, 0.3) is 0 Å². The first-order valence-corrected chi connectivity index (χ1v) is 7.11. The number of aliphatic hydroxyl groups is 3. The number of aliphatic hydroxyl groups excluding tert-OH is 3. The smallest absolute Gasteiger partial charge is 0.272 e. The maximum Gasteiger partial charge on any atom is 0.272 e. The van der Waals surface area contributed by atoms with Crippen LogP contribution >= 0.6 is 0 Å². The third kappa shape index (κ3) is 3.64. The molecule has 0 radical (unpaired) electrons. The van der Waals surface area contributed by atoms with Gasteiger partial charge in [0.2, 0.25) is 0 Å². The zero-order valence-electron chi connectivity index (χ0n) is 12.5. The van der Waals surface area contributed by atoms with Crippen molar-refractivity contribution in [1.82, 2.24) is 10.6 Å². The van der Waals surface area contributed by atoms with Crippen LogP contribution in [0.5, 0.6) is 0 Å². The van der Waals surface area contributed by atoms with Gasteiger partial charge in [0.1, 0.15) is 0 Å². The number of hydrogen-bond acceptors (Lipinski definition) is 7. The minimum absolute atomic E-state index is 0.0452. The van der Waals surface area contributed by atoms with Gasteiger partial charge in [-0.1, -0.05) is 0 Å². The van der Waals surface area contributed by atoms with Gasteiger partial charge in [-0.2, -0.15) is 0 Å². The van der Waals surface area contributed by atoms with Gasteiger partial charge in [0.05, 0.1) is 35.8 Å². The van der Waals surface area contributed by atoms with Crippen LogP contribution in [0, 0.1) is 17.0 Å². The molecule has 126 valence electrons.